The van der Waals surface area contributed by atoms with Gasteiger partial charge in [-0.3, -0.25) is 4.99 Å². The third kappa shape index (κ3) is 9.82. The van der Waals surface area contributed by atoms with Crippen LogP contribution in [0.3, 0.4) is 0 Å². The van der Waals surface area contributed by atoms with Gasteiger partial charge in [0.05, 0.1) is 0 Å². The summed E-state index contributed by atoms with van der Waals surface area (Å²) in [6, 6.07) is 0. The van der Waals surface area contributed by atoms with E-state index in [0.29, 0.717) is 5.92 Å². The van der Waals surface area contributed by atoms with Crippen LogP contribution >= 0.6 is 35.7 Å². The predicted octanol–water partition coefficient (Wildman–Crippen LogP) is 4.07. The van der Waals surface area contributed by atoms with Gasteiger partial charge in [0, 0.05) is 39.6 Å². The number of thioether (sulfide) groups is 1. The van der Waals surface area contributed by atoms with Crippen molar-refractivity contribution in [3.63, 3.8) is 0 Å². The zero-order valence-corrected chi connectivity index (χ0v) is 20.7. The lowest BCUT2D eigenvalue weighted by molar-refractivity contribution is 0.468. The summed E-state index contributed by atoms with van der Waals surface area (Å²) in [4.78, 5) is 6.96. The van der Waals surface area contributed by atoms with Gasteiger partial charge in [0.1, 0.15) is 5.82 Å². The van der Waals surface area contributed by atoms with Gasteiger partial charge in [0.2, 0.25) is 0 Å². The molecule has 0 aliphatic heterocycles. The highest BCUT2D eigenvalue weighted by molar-refractivity contribution is 14.0. The number of guanidine groups is 1. The van der Waals surface area contributed by atoms with Crippen molar-refractivity contribution in [2.75, 3.05) is 32.9 Å². The number of halogens is 1. The molecule has 0 bridgehead atoms. The molecule has 1 N–H and O–H groups in total. The highest BCUT2D eigenvalue weighted by Crippen LogP contribution is 2.16. The molecular formula is C19H37IN6S. The Bertz CT molecular complexity index is 558. The third-order valence-corrected chi connectivity index (χ3v) is 4.61. The van der Waals surface area contributed by atoms with Crippen molar-refractivity contribution in [2.45, 2.75) is 58.2 Å². The maximum atomic E-state index is 4.77. The van der Waals surface area contributed by atoms with Crippen molar-refractivity contribution < 1.29 is 0 Å². The molecule has 0 saturated heterocycles. The monoisotopic (exact) mass is 508 g/mol. The quantitative estimate of drug-likeness (QED) is 0.115. The second-order valence-electron chi connectivity index (χ2n) is 6.80. The first-order valence-corrected chi connectivity index (χ1v) is 10.8. The average Bonchev–Trinajstić information content (AvgIpc) is 2.98. The zero-order valence-electron chi connectivity index (χ0n) is 17.6. The van der Waals surface area contributed by atoms with Crippen LogP contribution in [-0.4, -0.2) is 58.6 Å². The maximum Gasteiger partial charge on any atom is 0.193 e. The number of nitrogens with one attached hydrogen (secondary N) is 1. The molecule has 8 heteroatoms. The minimum absolute atomic E-state index is 0. The largest absolute Gasteiger partial charge is 0.357 e. The van der Waals surface area contributed by atoms with Gasteiger partial charge in [-0.1, -0.05) is 31.7 Å². The first kappa shape index (κ1) is 26.2. The lowest BCUT2D eigenvalue weighted by Gasteiger charge is -2.21. The van der Waals surface area contributed by atoms with Gasteiger partial charge in [0.25, 0.3) is 0 Å². The Balaban J connectivity index is 0.00000676. The van der Waals surface area contributed by atoms with Crippen LogP contribution in [0.2, 0.25) is 0 Å². The molecule has 0 atom stereocenters. The molecule has 27 heavy (non-hydrogen) atoms. The van der Waals surface area contributed by atoms with E-state index in [1.165, 1.54) is 0 Å². The fourth-order valence-electron chi connectivity index (χ4n) is 2.67. The molecule has 1 heterocycles. The second-order valence-corrected chi connectivity index (χ2v) is 7.57. The number of hydrogen-bond donors (Lipinski definition) is 1. The van der Waals surface area contributed by atoms with Crippen LogP contribution in [0.4, 0.5) is 0 Å². The number of hydrogen-bond acceptors (Lipinski definition) is 4. The molecule has 0 amide bonds. The Morgan fingerprint density at radius 1 is 1.37 bits per heavy atom. The van der Waals surface area contributed by atoms with Gasteiger partial charge in [0.15, 0.2) is 11.1 Å². The van der Waals surface area contributed by atoms with Crippen LogP contribution < -0.4 is 5.32 Å². The molecule has 1 rings (SSSR count). The van der Waals surface area contributed by atoms with Gasteiger partial charge in [-0.15, -0.1) is 40.8 Å². The van der Waals surface area contributed by atoms with E-state index >= 15 is 0 Å². The van der Waals surface area contributed by atoms with Crippen LogP contribution in [0.5, 0.6) is 0 Å². The molecule has 0 aliphatic rings. The number of rotatable bonds is 12. The van der Waals surface area contributed by atoms with E-state index in [1.807, 2.05) is 6.08 Å². The summed E-state index contributed by atoms with van der Waals surface area (Å²) in [5.41, 5.74) is 0. The number of aliphatic imine (C=N–C) groups is 1. The third-order valence-electron chi connectivity index (χ3n) is 3.94. The summed E-state index contributed by atoms with van der Waals surface area (Å²) in [5.74, 6) is 2.63. The van der Waals surface area contributed by atoms with Crippen LogP contribution in [0.15, 0.2) is 22.8 Å². The molecule has 1 aromatic heterocycles. The fourth-order valence-corrected chi connectivity index (χ4v) is 3.20. The molecular weight excluding hydrogens is 471 g/mol. The van der Waals surface area contributed by atoms with Crippen LogP contribution in [0.1, 0.15) is 45.9 Å². The van der Waals surface area contributed by atoms with Crippen molar-refractivity contribution in [3.8, 4) is 0 Å². The minimum atomic E-state index is 0. The van der Waals surface area contributed by atoms with E-state index in [-0.39, 0.29) is 24.0 Å². The Kier molecular flexibility index (Phi) is 14.8. The molecule has 1 aromatic rings. The van der Waals surface area contributed by atoms with Crippen molar-refractivity contribution in [3.05, 3.63) is 18.5 Å². The molecule has 6 nitrogen and oxygen atoms in total. The second kappa shape index (κ2) is 15.2. The normalized spacial score (nSPS) is 11.4. The molecule has 0 aromatic carbocycles. The highest BCUT2D eigenvalue weighted by atomic mass is 127. The Labute approximate surface area is 186 Å². The van der Waals surface area contributed by atoms with Crippen LogP contribution in [0, 0.1) is 5.92 Å². The number of aryl methyl sites for hydroxylation is 1. The zero-order chi connectivity index (χ0) is 19.4. The molecule has 0 unspecified atom stereocenters. The van der Waals surface area contributed by atoms with Crippen LogP contribution in [0.25, 0.3) is 0 Å². The molecule has 0 spiro atoms. The summed E-state index contributed by atoms with van der Waals surface area (Å²) in [6.45, 7) is 14.0. The van der Waals surface area contributed by atoms with Gasteiger partial charge < -0.3 is 14.8 Å². The van der Waals surface area contributed by atoms with Gasteiger partial charge in [-0.05, 0) is 38.4 Å². The van der Waals surface area contributed by atoms with Crippen molar-refractivity contribution >= 4 is 41.7 Å². The number of nitrogens with zero attached hydrogens (tertiary/aromatic N) is 5. The van der Waals surface area contributed by atoms with Gasteiger partial charge in [-0.25, -0.2) is 0 Å². The molecule has 0 radical (unpaired) electrons. The van der Waals surface area contributed by atoms with E-state index in [2.05, 4.69) is 65.6 Å². The SMILES string of the molecule is C=CCCCN(C)C(=NCCCc1nnc(SC)n1CC(C)C)NCC.I. The number of unbranched alkanes of at least 4 members (excludes halogenated alkanes) is 1. The van der Waals surface area contributed by atoms with Gasteiger partial charge >= 0.3 is 0 Å². The molecule has 156 valence electrons. The fraction of sp³-hybridized carbons (Fsp3) is 0.737. The van der Waals surface area contributed by atoms with E-state index in [4.69, 9.17) is 4.99 Å². The minimum Gasteiger partial charge on any atom is -0.357 e. The topological polar surface area (TPSA) is 58.3 Å². The van der Waals surface area contributed by atoms with Crippen molar-refractivity contribution in [1.29, 1.82) is 0 Å². The average molecular weight is 509 g/mol. The molecule has 0 aliphatic carbocycles. The van der Waals surface area contributed by atoms with E-state index in [0.717, 1.165) is 68.8 Å². The lowest BCUT2D eigenvalue weighted by Crippen LogP contribution is -2.39. The smallest absolute Gasteiger partial charge is 0.193 e. The lowest BCUT2D eigenvalue weighted by atomic mass is 10.2. The van der Waals surface area contributed by atoms with Gasteiger partial charge in [-0.2, -0.15) is 0 Å². The van der Waals surface area contributed by atoms with Crippen molar-refractivity contribution in [1.82, 2.24) is 25.0 Å². The first-order chi connectivity index (χ1) is 12.5. The Morgan fingerprint density at radius 2 is 2.11 bits per heavy atom. The summed E-state index contributed by atoms with van der Waals surface area (Å²) >= 11 is 1.66. The summed E-state index contributed by atoms with van der Waals surface area (Å²) in [5, 5.41) is 13.1. The Hall–Kier alpha value is -0.770. The summed E-state index contributed by atoms with van der Waals surface area (Å²) < 4.78 is 2.26. The van der Waals surface area contributed by atoms with E-state index in [1.54, 1.807) is 11.8 Å². The predicted molar refractivity (Wildman–Crippen MR) is 128 cm³/mol. The van der Waals surface area contributed by atoms with Crippen molar-refractivity contribution in [2.24, 2.45) is 10.9 Å². The summed E-state index contributed by atoms with van der Waals surface area (Å²) in [6.07, 6.45) is 8.03. The number of allylic oxidation sites excluding steroid dienone is 1. The highest BCUT2D eigenvalue weighted by Gasteiger charge is 2.12. The maximum absolute atomic E-state index is 4.77. The van der Waals surface area contributed by atoms with E-state index < -0.39 is 0 Å². The molecule has 0 fully saturated rings. The van der Waals surface area contributed by atoms with Crippen LogP contribution in [-0.2, 0) is 13.0 Å². The summed E-state index contributed by atoms with van der Waals surface area (Å²) in [7, 11) is 2.09. The number of aromatic nitrogens is 3. The Morgan fingerprint density at radius 3 is 2.70 bits per heavy atom. The van der Waals surface area contributed by atoms with E-state index in [9.17, 15) is 0 Å². The standard InChI is InChI=1S/C19H36N6S.HI/c1-7-9-10-14-24(5)18(20-8-2)21-13-11-12-17-22-23-19(26-6)25(17)15-16(3)4;/h7,16H,1,8-15H2,2-6H3,(H,20,21);1H. The molecule has 0 saturated carbocycles. The first-order valence-electron chi connectivity index (χ1n) is 9.59.